The van der Waals surface area contributed by atoms with Crippen molar-refractivity contribution in [3.05, 3.63) is 63.6 Å². The fourth-order valence-electron chi connectivity index (χ4n) is 2.79. The molecule has 0 radical (unpaired) electrons. The lowest BCUT2D eigenvalue weighted by atomic mass is 10.2. The number of benzene rings is 2. The van der Waals surface area contributed by atoms with Gasteiger partial charge in [-0.25, -0.2) is 10.4 Å². The first-order valence-electron chi connectivity index (χ1n) is 9.84. The number of hydrazone groups is 1. The monoisotopic (exact) mass is 522 g/mol. The van der Waals surface area contributed by atoms with Crippen LogP contribution in [0.2, 0.25) is 5.02 Å². The second-order valence-corrected chi connectivity index (χ2v) is 8.11. The summed E-state index contributed by atoms with van der Waals surface area (Å²) in [4.78, 5) is 16.4. The molecule has 12 heteroatoms. The van der Waals surface area contributed by atoms with Crippen LogP contribution in [0.3, 0.4) is 0 Å². The van der Waals surface area contributed by atoms with E-state index >= 15 is 0 Å². The highest BCUT2D eigenvalue weighted by Crippen LogP contribution is 2.36. The van der Waals surface area contributed by atoms with Gasteiger partial charge in [-0.2, -0.15) is 18.3 Å². The van der Waals surface area contributed by atoms with Gasteiger partial charge in [0.1, 0.15) is 6.61 Å². The molecule has 2 aromatic carbocycles. The number of thiazole rings is 1. The molecule has 0 aliphatic carbocycles. The molecule has 0 fully saturated rings. The van der Waals surface area contributed by atoms with Crippen molar-refractivity contribution in [1.82, 2.24) is 10.4 Å². The molecular weight excluding hydrogens is 505 g/mol. The maximum absolute atomic E-state index is 12.9. The number of hydrogen-bond donors (Lipinski definition) is 2. The Morgan fingerprint density at radius 2 is 2.14 bits per heavy atom. The molecule has 0 spiro atoms. The summed E-state index contributed by atoms with van der Waals surface area (Å²) in [5, 5.41) is 8.94. The number of methoxy groups -OCH3 is 1. The molecule has 1 aromatic heterocycles. The lowest BCUT2D eigenvalue weighted by molar-refractivity contribution is -0.137. The van der Waals surface area contributed by atoms with Crippen molar-refractivity contribution in [3.8, 4) is 23.8 Å². The summed E-state index contributed by atoms with van der Waals surface area (Å²) in [6, 6.07) is 7.93. The second kappa shape index (κ2) is 11.6. The third-order valence-corrected chi connectivity index (χ3v) is 5.38. The van der Waals surface area contributed by atoms with E-state index in [0.717, 1.165) is 23.5 Å². The Bertz CT molecular complexity index is 1270. The summed E-state index contributed by atoms with van der Waals surface area (Å²) < 4.78 is 49.2. The Balaban J connectivity index is 1.57. The quantitative estimate of drug-likeness (QED) is 0.227. The average molecular weight is 523 g/mol. The minimum absolute atomic E-state index is 0.0212. The Hall–Kier alpha value is -3.75. The van der Waals surface area contributed by atoms with E-state index in [4.69, 9.17) is 27.5 Å². The smallest absolute Gasteiger partial charge is 0.416 e. The summed E-state index contributed by atoms with van der Waals surface area (Å²) in [5.41, 5.74) is 2.81. The Labute approximate surface area is 207 Å². The summed E-state index contributed by atoms with van der Waals surface area (Å²) in [6.45, 7) is 0.0212. The largest absolute Gasteiger partial charge is 0.493 e. The van der Waals surface area contributed by atoms with Gasteiger partial charge in [0.05, 0.1) is 36.0 Å². The first-order valence-corrected chi connectivity index (χ1v) is 11.1. The van der Waals surface area contributed by atoms with Crippen LogP contribution in [0.4, 0.5) is 24.0 Å². The average Bonchev–Trinajstić information content (AvgIpc) is 3.24. The Morgan fingerprint density at radius 3 is 2.86 bits per heavy atom. The van der Waals surface area contributed by atoms with Gasteiger partial charge in [-0.15, -0.1) is 17.8 Å². The molecule has 1 amide bonds. The highest BCUT2D eigenvalue weighted by atomic mass is 35.5. The van der Waals surface area contributed by atoms with Crippen molar-refractivity contribution in [1.29, 1.82) is 0 Å². The third-order valence-electron chi connectivity index (χ3n) is 4.29. The molecule has 0 aliphatic rings. The zero-order valence-corrected chi connectivity index (χ0v) is 19.7. The molecular formula is C23H18ClF3N4O3S. The number of terminal acetylenes is 1. The lowest BCUT2D eigenvalue weighted by Crippen LogP contribution is -2.20. The summed E-state index contributed by atoms with van der Waals surface area (Å²) in [5.74, 6) is 2.55. The van der Waals surface area contributed by atoms with Crippen molar-refractivity contribution in [2.24, 2.45) is 5.10 Å². The number of anilines is 2. The molecule has 2 N–H and O–H groups in total. The van der Waals surface area contributed by atoms with Crippen LogP contribution in [-0.2, 0) is 17.4 Å². The fraction of sp³-hybridized carbons (Fsp3) is 0.174. The standard InChI is InChI=1S/C23H18ClF3N4O3S/c1-3-7-34-21-18(24)8-14(9-19(21)33-2)12-28-31-20(32)11-17-13-35-22(30-17)29-16-6-4-5-15(10-16)23(25,26)27/h1,4-6,8-10,12-13H,7,11H2,2H3,(H,29,30)(H,31,32)/b28-12-. The number of nitrogens with zero attached hydrogens (tertiary/aromatic N) is 2. The lowest BCUT2D eigenvalue weighted by Gasteiger charge is -2.11. The third kappa shape index (κ3) is 7.37. The number of amides is 1. The van der Waals surface area contributed by atoms with Crippen molar-refractivity contribution >= 4 is 45.9 Å². The first-order chi connectivity index (χ1) is 16.7. The highest BCUT2D eigenvalue weighted by molar-refractivity contribution is 7.13. The number of alkyl halides is 3. The fourth-order valence-corrected chi connectivity index (χ4v) is 3.80. The molecule has 1 heterocycles. The second-order valence-electron chi connectivity index (χ2n) is 6.84. The zero-order valence-electron chi connectivity index (χ0n) is 18.1. The summed E-state index contributed by atoms with van der Waals surface area (Å²) in [7, 11) is 1.45. The van der Waals surface area contributed by atoms with Crippen LogP contribution < -0.4 is 20.2 Å². The van der Waals surface area contributed by atoms with E-state index in [2.05, 4.69) is 26.7 Å². The summed E-state index contributed by atoms with van der Waals surface area (Å²) in [6.07, 6.45) is 2.03. The van der Waals surface area contributed by atoms with Gasteiger partial charge in [-0.1, -0.05) is 23.6 Å². The zero-order chi connectivity index (χ0) is 25.4. The van der Waals surface area contributed by atoms with E-state index < -0.39 is 17.6 Å². The van der Waals surface area contributed by atoms with Crippen molar-refractivity contribution < 1.29 is 27.4 Å². The van der Waals surface area contributed by atoms with Gasteiger partial charge >= 0.3 is 6.18 Å². The number of ether oxygens (including phenoxy) is 2. The topological polar surface area (TPSA) is 84.8 Å². The van der Waals surface area contributed by atoms with Crippen LogP contribution in [-0.4, -0.2) is 30.8 Å². The molecule has 35 heavy (non-hydrogen) atoms. The Morgan fingerprint density at radius 1 is 1.34 bits per heavy atom. The van der Waals surface area contributed by atoms with Crippen LogP contribution in [0.1, 0.15) is 16.8 Å². The van der Waals surface area contributed by atoms with E-state index in [1.54, 1.807) is 17.5 Å². The van der Waals surface area contributed by atoms with Gasteiger partial charge in [0.25, 0.3) is 0 Å². The predicted molar refractivity (Wildman–Crippen MR) is 129 cm³/mol. The summed E-state index contributed by atoms with van der Waals surface area (Å²) >= 11 is 7.36. The molecule has 0 saturated carbocycles. The number of aromatic nitrogens is 1. The van der Waals surface area contributed by atoms with Gasteiger partial charge in [-0.3, -0.25) is 4.79 Å². The number of rotatable bonds is 9. The van der Waals surface area contributed by atoms with E-state index in [9.17, 15) is 18.0 Å². The minimum atomic E-state index is -4.45. The molecule has 3 rings (SSSR count). The highest BCUT2D eigenvalue weighted by Gasteiger charge is 2.30. The van der Waals surface area contributed by atoms with Crippen LogP contribution in [0, 0.1) is 12.3 Å². The molecule has 0 aliphatic heterocycles. The van der Waals surface area contributed by atoms with Crippen molar-refractivity contribution in [2.45, 2.75) is 12.6 Å². The van der Waals surface area contributed by atoms with E-state index in [1.165, 1.54) is 25.5 Å². The number of carbonyl (C=O) groups excluding carboxylic acids is 1. The van der Waals surface area contributed by atoms with Gasteiger partial charge in [0.15, 0.2) is 16.6 Å². The van der Waals surface area contributed by atoms with Crippen LogP contribution in [0.15, 0.2) is 46.9 Å². The normalized spacial score (nSPS) is 11.2. The molecule has 7 nitrogen and oxygen atoms in total. The number of halogens is 4. The maximum Gasteiger partial charge on any atom is 0.416 e. The van der Waals surface area contributed by atoms with Crippen LogP contribution in [0.5, 0.6) is 11.5 Å². The van der Waals surface area contributed by atoms with E-state index in [-0.39, 0.29) is 23.7 Å². The number of carbonyl (C=O) groups is 1. The molecule has 0 saturated heterocycles. The van der Waals surface area contributed by atoms with Crippen molar-refractivity contribution in [2.75, 3.05) is 19.0 Å². The van der Waals surface area contributed by atoms with Gasteiger partial charge in [0.2, 0.25) is 5.91 Å². The Kier molecular flexibility index (Phi) is 8.57. The molecule has 182 valence electrons. The van der Waals surface area contributed by atoms with E-state index in [1.807, 2.05) is 0 Å². The number of hydrogen-bond acceptors (Lipinski definition) is 7. The predicted octanol–water partition coefficient (Wildman–Crippen LogP) is 5.27. The molecule has 3 aromatic rings. The molecule has 0 atom stereocenters. The maximum atomic E-state index is 12.9. The SMILES string of the molecule is C#CCOc1c(Cl)cc(/C=N\NC(=O)Cc2csc(Nc3cccc(C(F)(F)F)c3)n2)cc1OC. The molecule has 0 unspecified atom stereocenters. The van der Waals surface area contributed by atoms with Crippen LogP contribution in [0.25, 0.3) is 0 Å². The minimum Gasteiger partial charge on any atom is -0.493 e. The molecule has 0 bridgehead atoms. The van der Waals surface area contributed by atoms with Gasteiger partial charge in [-0.05, 0) is 35.9 Å². The first kappa shape index (κ1) is 25.9. The van der Waals surface area contributed by atoms with Gasteiger partial charge in [0, 0.05) is 11.1 Å². The number of nitrogens with one attached hydrogen (secondary N) is 2. The van der Waals surface area contributed by atoms with Gasteiger partial charge < -0.3 is 14.8 Å². The van der Waals surface area contributed by atoms with Crippen molar-refractivity contribution in [3.63, 3.8) is 0 Å². The van der Waals surface area contributed by atoms with Crippen LogP contribution >= 0.6 is 22.9 Å². The van der Waals surface area contributed by atoms with E-state index in [0.29, 0.717) is 27.9 Å².